The molecule has 5 N–H and O–H groups in total. The molecule has 0 radical (unpaired) electrons. The molecule has 0 amide bonds. The molecule has 3 heterocycles. The van der Waals surface area contributed by atoms with Crippen LogP contribution in [0.1, 0.15) is 150 Å². The van der Waals surface area contributed by atoms with Crippen LogP contribution in [0.25, 0.3) is 45.1 Å². The van der Waals surface area contributed by atoms with Crippen molar-refractivity contribution < 1.29 is 24.8 Å². The van der Waals surface area contributed by atoms with Crippen LogP contribution in [0, 0.1) is 0 Å². The Morgan fingerprint density at radius 2 is 0.707 bits per heavy atom. The number of rotatable bonds is 7. The highest BCUT2D eigenvalue weighted by Gasteiger charge is 2.28. The maximum Gasteiger partial charge on any atom is 0.157 e. The quantitative estimate of drug-likeness (QED) is 0.0991. The highest BCUT2D eigenvalue weighted by molar-refractivity contribution is 5.81. The smallest absolute Gasteiger partial charge is 0.157 e. The molecule has 6 aromatic carbocycles. The summed E-state index contributed by atoms with van der Waals surface area (Å²) in [6, 6.07) is 36.6. The van der Waals surface area contributed by atoms with Crippen molar-refractivity contribution in [1.82, 2.24) is 24.9 Å². The summed E-state index contributed by atoms with van der Waals surface area (Å²) < 4.78 is 13.7. The molecule has 10 heteroatoms. The summed E-state index contributed by atoms with van der Waals surface area (Å²) >= 11 is 0. The van der Waals surface area contributed by atoms with Gasteiger partial charge in [0, 0.05) is 37.8 Å². The Hall–Kier alpha value is -7.59. The molecule has 0 atom stereocenters. The van der Waals surface area contributed by atoms with Gasteiger partial charge < -0.3 is 34.8 Å². The molecule has 386 valence electrons. The van der Waals surface area contributed by atoms with Crippen LogP contribution in [0.3, 0.4) is 0 Å². The van der Waals surface area contributed by atoms with Gasteiger partial charge in [-0.3, -0.25) is 0 Å². The lowest BCUT2D eigenvalue weighted by Crippen LogP contribution is -2.17. The van der Waals surface area contributed by atoms with Crippen LogP contribution < -0.4 is 9.47 Å². The van der Waals surface area contributed by atoms with Crippen molar-refractivity contribution in [2.45, 2.75) is 130 Å². The molecule has 0 unspecified atom stereocenters. The van der Waals surface area contributed by atoms with Gasteiger partial charge in [-0.1, -0.05) is 156 Å². The number of ether oxygens (including phenoxy) is 2. The molecular weight excluding hydrogens is 931 g/mol. The maximum atomic E-state index is 12.5. The monoisotopic (exact) mass is 1000 g/mol. The number of phenolic OH excluding ortho intramolecular Hbond substituents is 3. The van der Waals surface area contributed by atoms with Crippen LogP contribution in [-0.2, 0) is 47.3 Å². The predicted octanol–water partition coefficient (Wildman–Crippen LogP) is 14.6. The van der Waals surface area contributed by atoms with Crippen molar-refractivity contribution in [2.75, 3.05) is 13.2 Å². The summed E-state index contributed by atoms with van der Waals surface area (Å²) in [4.78, 5) is 21.7. The molecule has 9 aromatic rings. The van der Waals surface area contributed by atoms with Gasteiger partial charge in [0.25, 0.3) is 0 Å². The summed E-state index contributed by atoms with van der Waals surface area (Å²) in [6.07, 6.45) is 1.34. The van der Waals surface area contributed by atoms with E-state index in [0.29, 0.717) is 60.2 Å². The van der Waals surface area contributed by atoms with E-state index in [1.165, 1.54) is 0 Å². The van der Waals surface area contributed by atoms with Crippen LogP contribution in [0.2, 0.25) is 0 Å². The van der Waals surface area contributed by atoms with Gasteiger partial charge in [0.2, 0.25) is 0 Å². The highest BCUT2D eigenvalue weighted by atomic mass is 16.5. The van der Waals surface area contributed by atoms with E-state index < -0.39 is 0 Å². The number of pyridine rings is 1. The van der Waals surface area contributed by atoms with Crippen LogP contribution in [0.15, 0.2) is 109 Å². The number of aromatic amines is 2. The Morgan fingerprint density at radius 3 is 1.04 bits per heavy atom. The average Bonchev–Trinajstić information content (AvgIpc) is 3.98. The number of H-pyrrole nitrogens is 2. The number of aromatic nitrogens is 5. The Morgan fingerprint density at radius 1 is 0.400 bits per heavy atom. The van der Waals surface area contributed by atoms with Gasteiger partial charge in [-0.25, -0.2) is 15.0 Å². The van der Waals surface area contributed by atoms with Gasteiger partial charge in [0.1, 0.15) is 53.3 Å². The maximum absolute atomic E-state index is 12.5. The van der Waals surface area contributed by atoms with E-state index in [-0.39, 0.29) is 52.1 Å². The zero-order valence-corrected chi connectivity index (χ0v) is 45.6. The van der Waals surface area contributed by atoms with E-state index in [1.54, 1.807) is 0 Å². The first-order valence-electron chi connectivity index (χ1n) is 26.3. The molecule has 0 saturated heterocycles. The number of fused-ring (bicyclic) bond motifs is 10. The van der Waals surface area contributed by atoms with Crippen molar-refractivity contribution >= 4 is 22.1 Å². The zero-order valence-electron chi connectivity index (χ0n) is 45.6. The molecule has 1 aliphatic rings. The van der Waals surface area contributed by atoms with Crippen molar-refractivity contribution in [2.24, 2.45) is 0 Å². The molecular formula is C65H71N5O5. The average molecular weight is 1000 g/mol. The van der Waals surface area contributed by atoms with Gasteiger partial charge >= 0.3 is 0 Å². The summed E-state index contributed by atoms with van der Waals surface area (Å²) in [6.45, 7) is 26.7. The van der Waals surface area contributed by atoms with E-state index in [1.807, 2.05) is 60.7 Å². The number of hydrogen-bond acceptors (Lipinski definition) is 8. The normalized spacial score (nSPS) is 13.4. The van der Waals surface area contributed by atoms with Crippen LogP contribution in [-0.4, -0.2) is 53.5 Å². The number of benzene rings is 6. The first-order valence-corrected chi connectivity index (χ1v) is 26.3. The summed E-state index contributed by atoms with van der Waals surface area (Å²) in [7, 11) is 0. The highest BCUT2D eigenvalue weighted by Crippen LogP contribution is 2.44. The second kappa shape index (κ2) is 19.0. The fourth-order valence-electron chi connectivity index (χ4n) is 10.1. The SMILES string of the molecule is CC(C)(C)c1cc2c(O)c(c1)Cc1cc(C(C)(C)C)cc(c1O)Cc1cc(C(C)(C)C)cc(c1OCCOc1cc(-c3nc4ccccc4[nH]3)nc(-c3nc4ccccc4[nH]3)c1)Cc1cc(C(C)(C)C)cc(c1O)C2. The van der Waals surface area contributed by atoms with E-state index in [0.717, 1.165) is 88.8 Å². The molecule has 0 fully saturated rings. The first kappa shape index (κ1) is 50.9. The standard InChI is InChI=1S/C65H71N5O5/c1-62(2,3)45-27-37-23-39-29-46(63(4,5)6)31-41(57(39)72)25-43-33-48(65(10,11)12)34-44(26-42-32-47(64(7,8)9)30-40(58(42)73)24-38(28-45)56(37)71)59(43)75-22-21-74-49-35-54(60-67-50-17-13-14-18-51(50)68-60)66-55(36-49)61-69-52-19-15-16-20-53(52)70-61/h13-20,27-36,71-73H,21-26H2,1-12H3,(H,67,68)(H,69,70). The lowest BCUT2D eigenvalue weighted by Gasteiger charge is -2.27. The minimum Gasteiger partial charge on any atom is -0.507 e. The molecule has 1 aliphatic carbocycles. The van der Waals surface area contributed by atoms with E-state index in [9.17, 15) is 15.3 Å². The van der Waals surface area contributed by atoms with Crippen molar-refractivity contribution in [1.29, 1.82) is 0 Å². The summed E-state index contributed by atoms with van der Waals surface area (Å²) in [5.41, 5.74) is 14.3. The molecule has 8 bridgehead atoms. The van der Waals surface area contributed by atoms with Crippen molar-refractivity contribution in [3.63, 3.8) is 0 Å². The van der Waals surface area contributed by atoms with Gasteiger partial charge in [-0.15, -0.1) is 0 Å². The molecule has 3 aromatic heterocycles. The predicted molar refractivity (Wildman–Crippen MR) is 302 cm³/mol. The van der Waals surface area contributed by atoms with E-state index in [4.69, 9.17) is 24.4 Å². The molecule has 0 saturated carbocycles. The van der Waals surface area contributed by atoms with Crippen molar-refractivity contribution in [3.05, 3.63) is 176 Å². The topological polar surface area (TPSA) is 149 Å². The third-order valence-electron chi connectivity index (χ3n) is 14.7. The van der Waals surface area contributed by atoms with Gasteiger partial charge in [0.05, 0.1) is 22.1 Å². The van der Waals surface area contributed by atoms with Gasteiger partial charge in [-0.05, 0) is 113 Å². The number of aromatic hydroxyl groups is 3. The number of imidazole rings is 2. The van der Waals surface area contributed by atoms with Gasteiger partial charge in [-0.2, -0.15) is 0 Å². The fraction of sp³-hybridized carbons (Fsp3) is 0.338. The number of hydrogen-bond donors (Lipinski definition) is 5. The third kappa shape index (κ3) is 10.6. The Bertz CT molecular complexity index is 3370. The zero-order chi connectivity index (χ0) is 53.4. The molecule has 75 heavy (non-hydrogen) atoms. The van der Waals surface area contributed by atoms with Crippen LogP contribution in [0.5, 0.6) is 28.7 Å². The van der Waals surface area contributed by atoms with E-state index >= 15 is 0 Å². The fourth-order valence-corrected chi connectivity index (χ4v) is 10.1. The Kier molecular flexibility index (Phi) is 12.9. The lowest BCUT2D eigenvalue weighted by molar-refractivity contribution is 0.215. The summed E-state index contributed by atoms with van der Waals surface area (Å²) in [5.74, 6) is 3.05. The van der Waals surface area contributed by atoms with Crippen LogP contribution in [0.4, 0.5) is 0 Å². The minimum atomic E-state index is -0.256. The third-order valence-corrected chi connectivity index (χ3v) is 14.7. The number of phenols is 3. The largest absolute Gasteiger partial charge is 0.507 e. The second-order valence-corrected chi connectivity index (χ2v) is 24.7. The Balaban J connectivity index is 1.10. The number of para-hydroxylation sites is 4. The minimum absolute atomic E-state index is 0.180. The molecule has 0 spiro atoms. The van der Waals surface area contributed by atoms with Crippen molar-refractivity contribution in [3.8, 4) is 51.8 Å². The van der Waals surface area contributed by atoms with Gasteiger partial charge in [0.15, 0.2) is 11.6 Å². The van der Waals surface area contributed by atoms with E-state index in [2.05, 4.69) is 142 Å². The Labute approximate surface area is 441 Å². The number of nitrogens with one attached hydrogen (secondary N) is 2. The second-order valence-electron chi connectivity index (χ2n) is 24.7. The molecule has 10 nitrogen and oxygen atoms in total. The summed E-state index contributed by atoms with van der Waals surface area (Å²) in [5, 5.41) is 37.3. The van der Waals surface area contributed by atoms with Crippen LogP contribution >= 0.6 is 0 Å². The molecule has 10 rings (SSSR count). The molecule has 0 aliphatic heterocycles. The number of nitrogens with zero attached hydrogens (tertiary/aromatic N) is 3. The first-order chi connectivity index (χ1) is 35.3. The lowest BCUT2D eigenvalue weighted by atomic mass is 9.79.